The Morgan fingerprint density at radius 2 is 0.688 bits per heavy atom. The van der Waals surface area contributed by atoms with Gasteiger partial charge in [-0.25, -0.2) is 0 Å². The fourth-order valence-corrected chi connectivity index (χ4v) is 16.3. The van der Waals surface area contributed by atoms with E-state index in [2.05, 4.69) is 360 Å². The third kappa shape index (κ3) is 7.98. The molecule has 3 aromatic heterocycles. The third-order valence-electron chi connectivity index (χ3n) is 20.4. The number of aromatic nitrogens is 1. The minimum atomic E-state index is -0.522. The van der Waals surface area contributed by atoms with Crippen molar-refractivity contribution in [2.45, 2.75) is 5.41 Å². The highest BCUT2D eigenvalue weighted by molar-refractivity contribution is 6.20. The largest absolute Gasteiger partial charge is 0.454 e. The van der Waals surface area contributed by atoms with Crippen molar-refractivity contribution < 1.29 is 8.83 Å². The Bertz CT molecular complexity index is 5880. The molecule has 448 valence electrons. The Balaban J connectivity index is 0.887. The van der Waals surface area contributed by atoms with Crippen molar-refractivity contribution in [3.05, 3.63) is 368 Å². The van der Waals surface area contributed by atoms with Crippen LogP contribution in [0.5, 0.6) is 0 Å². The maximum atomic E-state index is 7.05. The topological polar surface area (TPSA) is 37.7 Å². The predicted octanol–water partition coefficient (Wildman–Crippen LogP) is 24.9. The van der Waals surface area contributed by atoms with Crippen LogP contribution in [0.15, 0.2) is 355 Å². The Labute approximate surface area is 554 Å². The summed E-state index contributed by atoms with van der Waals surface area (Å²) in [6.45, 7) is 0. The van der Waals surface area contributed by atoms with Gasteiger partial charge in [0, 0.05) is 60.8 Å². The van der Waals surface area contributed by atoms with E-state index in [0.717, 1.165) is 128 Å². The van der Waals surface area contributed by atoms with Crippen LogP contribution in [-0.2, 0) is 5.41 Å². The van der Waals surface area contributed by atoms with Gasteiger partial charge >= 0.3 is 0 Å². The van der Waals surface area contributed by atoms with E-state index in [9.17, 15) is 0 Å². The van der Waals surface area contributed by atoms with Crippen LogP contribution in [0.25, 0.3) is 127 Å². The van der Waals surface area contributed by atoms with E-state index in [0.29, 0.717) is 0 Å². The molecule has 0 saturated carbocycles. The van der Waals surface area contributed by atoms with E-state index in [-0.39, 0.29) is 0 Å². The minimum Gasteiger partial charge on any atom is -0.454 e. The first-order valence-corrected chi connectivity index (χ1v) is 33.0. The van der Waals surface area contributed by atoms with E-state index >= 15 is 0 Å². The minimum absolute atomic E-state index is 0.522. The van der Waals surface area contributed by atoms with Gasteiger partial charge in [0.05, 0.1) is 27.8 Å². The fourth-order valence-electron chi connectivity index (χ4n) is 16.3. The van der Waals surface area contributed by atoms with Crippen LogP contribution >= 0.6 is 0 Å². The Hall–Kier alpha value is -12.7. The molecule has 0 saturated heterocycles. The Morgan fingerprint density at radius 1 is 0.260 bits per heavy atom. The van der Waals surface area contributed by atoms with Crippen molar-refractivity contribution in [1.29, 1.82) is 0 Å². The number of para-hydroxylation sites is 5. The molecule has 20 rings (SSSR count). The molecule has 0 radical (unpaired) electrons. The van der Waals surface area contributed by atoms with Gasteiger partial charge in [-0.05, 0) is 175 Å². The number of benzene rings is 15. The molecule has 5 heteroatoms. The van der Waals surface area contributed by atoms with Crippen LogP contribution in [0, 0.1) is 0 Å². The van der Waals surface area contributed by atoms with Crippen LogP contribution in [0.1, 0.15) is 22.3 Å². The summed E-state index contributed by atoms with van der Waals surface area (Å²) in [7, 11) is 0. The standard InChI is InChI=1S/C91H57N3O2/c1-4-22-58(23-5-1)60-42-47-65(48-43-60)92(83-38-20-33-73-71-30-13-18-40-85(71)95-89(73)83)67-54-63(55-68(57-67)93(66-49-44-61(45-50-66)59-24-6-2-7-25-59)84-39-21-34-74-72-31-14-19-41-86(72)96-90(74)84)62-46-52-81-76(56-62)88-82(94(81)64-26-8-3-9-27-64)53-51-80-87(88)75-32-12-17-37-79(75)91(80)77-35-15-10-28-69(77)70-29-11-16-36-78(70)91/h1-57H. The average Bonchev–Trinajstić information content (AvgIpc) is 1.50. The smallest absolute Gasteiger partial charge is 0.159 e. The van der Waals surface area contributed by atoms with Gasteiger partial charge < -0.3 is 23.2 Å². The lowest BCUT2D eigenvalue weighted by atomic mass is 9.70. The molecule has 2 aliphatic rings. The quantitative estimate of drug-likeness (QED) is 0.137. The van der Waals surface area contributed by atoms with Crippen molar-refractivity contribution in [3.63, 3.8) is 0 Å². The monoisotopic (exact) mass is 1220 g/mol. The molecule has 15 aromatic carbocycles. The van der Waals surface area contributed by atoms with E-state index < -0.39 is 5.41 Å². The second kappa shape index (κ2) is 21.2. The molecular formula is C91H57N3O2. The lowest BCUT2D eigenvalue weighted by Crippen LogP contribution is -2.25. The molecule has 0 unspecified atom stereocenters. The van der Waals surface area contributed by atoms with Crippen LogP contribution in [0.3, 0.4) is 0 Å². The van der Waals surface area contributed by atoms with E-state index in [1.165, 1.54) is 55.3 Å². The molecule has 1 spiro atoms. The number of furan rings is 2. The molecule has 96 heavy (non-hydrogen) atoms. The van der Waals surface area contributed by atoms with Gasteiger partial charge in [-0.2, -0.15) is 0 Å². The van der Waals surface area contributed by atoms with Gasteiger partial charge in [0.1, 0.15) is 11.2 Å². The fraction of sp³-hybridized carbons (Fsp3) is 0.0110. The third-order valence-corrected chi connectivity index (χ3v) is 20.4. The van der Waals surface area contributed by atoms with Crippen molar-refractivity contribution in [2.24, 2.45) is 0 Å². The number of anilines is 6. The summed E-state index contributed by atoms with van der Waals surface area (Å²) in [5.74, 6) is 0. The summed E-state index contributed by atoms with van der Waals surface area (Å²) < 4.78 is 16.6. The number of rotatable bonds is 10. The zero-order valence-corrected chi connectivity index (χ0v) is 52.1. The summed E-state index contributed by atoms with van der Waals surface area (Å²) in [4.78, 5) is 4.79. The van der Waals surface area contributed by atoms with Crippen LogP contribution in [-0.4, -0.2) is 4.57 Å². The molecule has 3 heterocycles. The van der Waals surface area contributed by atoms with Gasteiger partial charge in [0.2, 0.25) is 0 Å². The van der Waals surface area contributed by atoms with Crippen LogP contribution in [0.2, 0.25) is 0 Å². The van der Waals surface area contributed by atoms with Gasteiger partial charge in [-0.15, -0.1) is 0 Å². The number of hydrogen-bond acceptors (Lipinski definition) is 4. The van der Waals surface area contributed by atoms with E-state index in [4.69, 9.17) is 8.83 Å². The molecule has 0 atom stereocenters. The number of nitrogens with zero attached hydrogens (tertiary/aromatic N) is 3. The first-order chi connectivity index (χ1) is 47.6. The van der Waals surface area contributed by atoms with E-state index in [1.807, 2.05) is 0 Å². The highest BCUT2D eigenvalue weighted by atomic mass is 16.3. The Kier molecular flexibility index (Phi) is 11.9. The zero-order chi connectivity index (χ0) is 63.0. The Morgan fingerprint density at radius 3 is 1.23 bits per heavy atom. The van der Waals surface area contributed by atoms with Crippen molar-refractivity contribution >= 4 is 99.8 Å². The van der Waals surface area contributed by atoms with Gasteiger partial charge in [0.25, 0.3) is 0 Å². The lowest BCUT2D eigenvalue weighted by molar-refractivity contribution is 0.669. The van der Waals surface area contributed by atoms with Crippen molar-refractivity contribution in [3.8, 4) is 61.3 Å². The predicted molar refractivity (Wildman–Crippen MR) is 397 cm³/mol. The average molecular weight is 1220 g/mol. The number of hydrogen-bond donors (Lipinski definition) is 0. The zero-order valence-electron chi connectivity index (χ0n) is 52.1. The molecular weight excluding hydrogens is 1170 g/mol. The van der Waals surface area contributed by atoms with Crippen molar-refractivity contribution in [1.82, 2.24) is 4.57 Å². The highest BCUT2D eigenvalue weighted by Gasteiger charge is 2.52. The van der Waals surface area contributed by atoms with Gasteiger partial charge in [-0.3, -0.25) is 0 Å². The molecule has 0 aliphatic heterocycles. The molecule has 0 amide bonds. The SMILES string of the molecule is c1ccc(-c2ccc(N(c3cc(-c4ccc5c(c4)c4c6c(ccc4n5-c4ccccc4)C4(c5ccccc5-c5ccccc54)c4ccccc4-6)cc(N(c4ccc(-c5ccccc5)cc4)c4cccc5c4oc4ccccc45)c3)c3cccc4c3oc3ccccc34)cc2)cc1. The molecule has 2 aliphatic carbocycles. The molecule has 0 N–H and O–H groups in total. The van der Waals surface area contributed by atoms with Crippen molar-refractivity contribution in [2.75, 3.05) is 9.80 Å². The first kappa shape index (κ1) is 53.9. The first-order valence-electron chi connectivity index (χ1n) is 33.0. The second-order valence-corrected chi connectivity index (χ2v) is 25.4. The highest BCUT2D eigenvalue weighted by Crippen LogP contribution is 2.64. The van der Waals surface area contributed by atoms with E-state index in [1.54, 1.807) is 0 Å². The molecule has 5 nitrogen and oxygen atoms in total. The number of fused-ring (bicyclic) bond motifs is 20. The summed E-state index contributed by atoms with van der Waals surface area (Å²) in [6.07, 6.45) is 0. The summed E-state index contributed by atoms with van der Waals surface area (Å²) in [6, 6.07) is 126. The van der Waals surface area contributed by atoms with Crippen LogP contribution in [0.4, 0.5) is 34.1 Å². The maximum Gasteiger partial charge on any atom is 0.159 e. The molecule has 18 aromatic rings. The summed E-state index contributed by atoms with van der Waals surface area (Å²) in [5, 5.41) is 6.62. The normalized spacial score (nSPS) is 12.7. The van der Waals surface area contributed by atoms with Gasteiger partial charge in [0.15, 0.2) is 11.2 Å². The molecule has 0 bridgehead atoms. The lowest BCUT2D eigenvalue weighted by Gasteiger charge is -2.30. The summed E-state index contributed by atoms with van der Waals surface area (Å²) in [5.41, 5.74) is 28.8. The summed E-state index contributed by atoms with van der Waals surface area (Å²) >= 11 is 0. The van der Waals surface area contributed by atoms with Gasteiger partial charge in [-0.1, -0.05) is 249 Å². The maximum absolute atomic E-state index is 7.05. The van der Waals surface area contributed by atoms with Crippen LogP contribution < -0.4 is 9.80 Å². The second-order valence-electron chi connectivity index (χ2n) is 25.4. The molecule has 0 fully saturated rings.